The topological polar surface area (TPSA) is 108 Å². The van der Waals surface area contributed by atoms with Crippen LogP contribution >= 0.6 is 0 Å². The zero-order chi connectivity index (χ0) is 73.2. The van der Waals surface area contributed by atoms with Gasteiger partial charge in [-0.05, 0) is 64.2 Å². The fourth-order valence-electron chi connectivity index (χ4n) is 13.3. The average molecular weight is 1420 g/mol. The van der Waals surface area contributed by atoms with Gasteiger partial charge in [-0.25, -0.2) is 4.79 Å². The molecule has 0 aliphatic rings. The number of likely N-dealkylation sites (N-methyl/N-ethyl adjacent to an activating group) is 1. The van der Waals surface area contributed by atoms with Crippen molar-refractivity contribution in [3.05, 3.63) is 72.9 Å². The summed E-state index contributed by atoms with van der Waals surface area (Å²) in [5, 5.41) is 9.79. The Morgan fingerprint density at radius 1 is 0.307 bits per heavy atom. The van der Waals surface area contributed by atoms with Gasteiger partial charge in [0, 0.05) is 12.8 Å². The van der Waals surface area contributed by atoms with E-state index >= 15 is 0 Å². The van der Waals surface area contributed by atoms with Crippen molar-refractivity contribution in [2.75, 3.05) is 47.5 Å². The molecule has 0 bridgehead atoms. The summed E-state index contributed by atoms with van der Waals surface area (Å²) in [6.07, 6.45) is 110. The number of carbonyl (C=O) groups is 3. The molecule has 0 radical (unpaired) electrons. The van der Waals surface area contributed by atoms with E-state index in [1.54, 1.807) is 0 Å². The molecule has 9 heteroatoms. The van der Waals surface area contributed by atoms with Crippen LogP contribution in [0.25, 0.3) is 0 Å². The number of hydrogen-bond donors (Lipinski definition) is 1. The Morgan fingerprint density at radius 3 is 0.842 bits per heavy atom. The van der Waals surface area contributed by atoms with Crippen molar-refractivity contribution in [2.45, 2.75) is 450 Å². The van der Waals surface area contributed by atoms with E-state index in [0.717, 1.165) is 77.0 Å². The smallest absolute Gasteiger partial charge is 0.361 e. The fraction of sp³-hybridized carbons (Fsp3) is 0.837. The highest BCUT2D eigenvalue weighted by Crippen LogP contribution is 2.21. The summed E-state index contributed by atoms with van der Waals surface area (Å²) in [6, 6.07) is 0. The van der Waals surface area contributed by atoms with Crippen molar-refractivity contribution in [3.8, 4) is 0 Å². The SMILES string of the molecule is CC/C=C\C/C=C\C/C=C\C/C=C\C/C=C\C/C=C\CCCCCCCCCCCCCCCCCCC(=O)OC(COC(=O)CCCCCCCCCCCCCCCCCCCCCCCCCCCCCCCCCCCCCCCCCCC)COC(OCC[N+](C)(C)C)C(=O)O. The number of aliphatic carboxylic acids is 1. The van der Waals surface area contributed by atoms with E-state index < -0.39 is 18.4 Å². The molecule has 0 rings (SSSR count). The number of nitrogens with zero attached hydrogens (tertiary/aromatic N) is 1. The van der Waals surface area contributed by atoms with E-state index in [9.17, 15) is 19.5 Å². The zero-order valence-electron chi connectivity index (χ0n) is 67.8. The van der Waals surface area contributed by atoms with Crippen LogP contribution in [0.5, 0.6) is 0 Å². The van der Waals surface area contributed by atoms with E-state index in [2.05, 4.69) is 86.8 Å². The van der Waals surface area contributed by atoms with Crippen LogP contribution in [-0.2, 0) is 33.3 Å². The second-order valence-corrected chi connectivity index (χ2v) is 31.2. The lowest BCUT2D eigenvalue weighted by Crippen LogP contribution is -2.40. The van der Waals surface area contributed by atoms with E-state index in [1.165, 1.54) is 334 Å². The van der Waals surface area contributed by atoms with Gasteiger partial charge in [0.15, 0.2) is 6.10 Å². The molecular weight excluding hydrogens is 1250 g/mol. The normalized spacial score (nSPS) is 12.9. The summed E-state index contributed by atoms with van der Waals surface area (Å²) < 4.78 is 23.1. The van der Waals surface area contributed by atoms with Gasteiger partial charge in [0.2, 0.25) is 0 Å². The number of carbonyl (C=O) groups excluding carboxylic acids is 2. The molecule has 0 heterocycles. The molecule has 0 aliphatic heterocycles. The van der Waals surface area contributed by atoms with Gasteiger partial charge in [-0.15, -0.1) is 0 Å². The maximum atomic E-state index is 13.0. The van der Waals surface area contributed by atoms with E-state index in [1.807, 2.05) is 21.1 Å². The second-order valence-electron chi connectivity index (χ2n) is 31.2. The molecule has 0 amide bonds. The monoisotopic (exact) mass is 1420 g/mol. The van der Waals surface area contributed by atoms with Gasteiger partial charge < -0.3 is 28.5 Å². The van der Waals surface area contributed by atoms with Crippen molar-refractivity contribution in [1.29, 1.82) is 0 Å². The second kappa shape index (κ2) is 82.4. The first-order valence-corrected chi connectivity index (χ1v) is 44.1. The zero-order valence-corrected chi connectivity index (χ0v) is 67.8. The molecule has 0 aliphatic carbocycles. The molecule has 0 aromatic heterocycles. The van der Waals surface area contributed by atoms with Crippen molar-refractivity contribution >= 4 is 17.9 Å². The third-order valence-corrected chi connectivity index (χ3v) is 20.0. The Morgan fingerprint density at radius 2 is 0.564 bits per heavy atom. The van der Waals surface area contributed by atoms with Crippen molar-refractivity contribution in [1.82, 2.24) is 0 Å². The largest absolute Gasteiger partial charge is 0.477 e. The van der Waals surface area contributed by atoms with Crippen LogP contribution in [-0.4, -0.2) is 87.4 Å². The molecule has 0 fully saturated rings. The maximum Gasteiger partial charge on any atom is 0.361 e. The van der Waals surface area contributed by atoms with Crippen LogP contribution in [0.4, 0.5) is 0 Å². The molecule has 0 saturated carbocycles. The third-order valence-electron chi connectivity index (χ3n) is 20.0. The van der Waals surface area contributed by atoms with Crippen molar-refractivity contribution in [3.63, 3.8) is 0 Å². The Balaban J connectivity index is 3.92. The molecule has 590 valence electrons. The first kappa shape index (κ1) is 97.7. The number of ether oxygens (including phenoxy) is 4. The van der Waals surface area contributed by atoms with Gasteiger partial charge in [0.1, 0.15) is 13.2 Å². The number of quaternary nitrogens is 1. The van der Waals surface area contributed by atoms with Gasteiger partial charge in [0.05, 0.1) is 34.4 Å². The van der Waals surface area contributed by atoms with Crippen LogP contribution in [0, 0.1) is 0 Å². The molecule has 0 spiro atoms. The Bertz CT molecular complexity index is 1900. The highest BCUT2D eigenvalue weighted by molar-refractivity contribution is 5.71. The number of esters is 2. The predicted octanol–water partition coefficient (Wildman–Crippen LogP) is 28.7. The molecule has 1 N–H and O–H groups in total. The molecule has 0 aromatic rings. The molecule has 2 atom stereocenters. The van der Waals surface area contributed by atoms with Crippen molar-refractivity contribution in [2.24, 2.45) is 0 Å². The van der Waals surface area contributed by atoms with E-state index in [0.29, 0.717) is 17.4 Å². The number of allylic oxidation sites excluding steroid dienone is 12. The fourth-order valence-corrected chi connectivity index (χ4v) is 13.3. The first-order chi connectivity index (χ1) is 49.6. The van der Waals surface area contributed by atoms with Crippen LogP contribution in [0.1, 0.15) is 438 Å². The molecule has 2 unspecified atom stereocenters. The van der Waals surface area contributed by atoms with Crippen LogP contribution in [0.2, 0.25) is 0 Å². The van der Waals surface area contributed by atoms with E-state index in [4.69, 9.17) is 18.9 Å². The standard InChI is InChI=1S/C92H169NO8/c1-6-8-10-12-14-16-18-20-22-24-26-28-30-32-34-36-38-40-42-43-44-45-46-47-49-50-52-54-56-58-60-62-64-66-68-70-72-74-76-78-80-82-89(94)99-86-88(87-100-92(91(96)97)98-85-84-93(3,4)5)101-90(95)83-81-79-77-75-73-71-69-67-65-63-61-59-57-55-53-51-48-41-39-37-35-33-31-29-27-25-23-21-19-17-15-13-11-9-7-2/h9,11,15,17,21,23,27,29,33,35,39,41,88,92H,6-8,10,12-14,16,18-20,22,24-26,28,30-32,34,36-38,40,42-87H2,1-5H3/p+1/b11-9-,17-15-,23-21-,29-27-,35-33-,41-39-. The summed E-state index contributed by atoms with van der Waals surface area (Å²) in [4.78, 5) is 37.8. The lowest BCUT2D eigenvalue weighted by Gasteiger charge is -2.25. The third kappa shape index (κ3) is 83.9. The van der Waals surface area contributed by atoms with Gasteiger partial charge in [-0.2, -0.15) is 0 Å². The number of unbranched alkanes of at least 4 members (excludes halogenated alkanes) is 56. The van der Waals surface area contributed by atoms with E-state index in [-0.39, 0.29) is 38.2 Å². The highest BCUT2D eigenvalue weighted by Gasteiger charge is 2.25. The molecule has 101 heavy (non-hydrogen) atoms. The maximum absolute atomic E-state index is 13.0. The molecule has 0 aromatic carbocycles. The Hall–Kier alpha value is -3.27. The van der Waals surface area contributed by atoms with Crippen LogP contribution in [0.15, 0.2) is 72.9 Å². The predicted molar refractivity (Wildman–Crippen MR) is 438 cm³/mol. The van der Waals surface area contributed by atoms with Gasteiger partial charge in [-0.1, -0.05) is 433 Å². The first-order valence-electron chi connectivity index (χ1n) is 44.1. The van der Waals surface area contributed by atoms with Gasteiger partial charge in [-0.3, -0.25) is 9.59 Å². The Labute approximate surface area is 628 Å². The van der Waals surface area contributed by atoms with Gasteiger partial charge in [0.25, 0.3) is 6.29 Å². The number of hydrogen-bond acceptors (Lipinski definition) is 7. The number of rotatable bonds is 83. The molecule has 9 nitrogen and oxygen atoms in total. The van der Waals surface area contributed by atoms with Crippen LogP contribution in [0.3, 0.4) is 0 Å². The summed E-state index contributed by atoms with van der Waals surface area (Å²) >= 11 is 0. The summed E-state index contributed by atoms with van der Waals surface area (Å²) in [7, 11) is 6.00. The highest BCUT2D eigenvalue weighted by atomic mass is 16.7. The Kier molecular flexibility index (Phi) is 79.7. The number of carboxylic acids is 1. The minimum atomic E-state index is -1.51. The average Bonchev–Trinajstić information content (AvgIpc) is 1.25. The quantitative estimate of drug-likeness (QED) is 0.0211. The van der Waals surface area contributed by atoms with Crippen molar-refractivity contribution < 1.29 is 42.9 Å². The lowest BCUT2D eigenvalue weighted by atomic mass is 10.0. The lowest BCUT2D eigenvalue weighted by molar-refractivity contribution is -0.870. The van der Waals surface area contributed by atoms with Crippen LogP contribution < -0.4 is 0 Å². The minimum Gasteiger partial charge on any atom is -0.477 e. The molecular formula is C92H170NO8+. The molecule has 0 saturated heterocycles. The number of carboxylic acid groups (broad SMARTS) is 1. The summed E-state index contributed by atoms with van der Waals surface area (Å²) in [5.74, 6) is -1.98. The van der Waals surface area contributed by atoms with Gasteiger partial charge >= 0.3 is 17.9 Å². The summed E-state index contributed by atoms with van der Waals surface area (Å²) in [5.41, 5.74) is 0. The summed E-state index contributed by atoms with van der Waals surface area (Å²) in [6.45, 7) is 4.84. The minimum absolute atomic E-state index is 0.178.